The van der Waals surface area contributed by atoms with Crippen molar-refractivity contribution in [3.63, 3.8) is 0 Å². The molecule has 108 valence electrons. The van der Waals surface area contributed by atoms with E-state index in [4.69, 9.17) is 16.0 Å². The zero-order valence-corrected chi connectivity index (χ0v) is 12.1. The average Bonchev–Trinajstić information content (AvgIpc) is 2.93. The SMILES string of the molecule is OCCN(Cc1ccc(Cl)cc1)c1nc2ccccc2o1. The number of nitrogens with zero attached hydrogens (tertiary/aromatic N) is 2. The van der Waals surface area contributed by atoms with Crippen LogP contribution >= 0.6 is 11.6 Å². The first-order valence-corrected chi connectivity index (χ1v) is 7.10. The molecule has 0 saturated carbocycles. The second-order valence-corrected chi connectivity index (χ2v) is 5.17. The Morgan fingerprint density at radius 3 is 2.57 bits per heavy atom. The van der Waals surface area contributed by atoms with Gasteiger partial charge in [0.1, 0.15) is 5.52 Å². The number of benzene rings is 2. The van der Waals surface area contributed by atoms with Crippen molar-refractivity contribution in [1.29, 1.82) is 0 Å². The Hall–Kier alpha value is -2.04. The van der Waals surface area contributed by atoms with Crippen LogP contribution in [-0.4, -0.2) is 23.2 Å². The van der Waals surface area contributed by atoms with Gasteiger partial charge in [-0.05, 0) is 29.8 Å². The van der Waals surface area contributed by atoms with Crippen LogP contribution in [0.3, 0.4) is 0 Å². The minimum Gasteiger partial charge on any atom is -0.423 e. The number of para-hydroxylation sites is 2. The number of aliphatic hydroxyl groups is 1. The van der Waals surface area contributed by atoms with E-state index in [0.29, 0.717) is 24.1 Å². The molecule has 0 unspecified atom stereocenters. The molecule has 4 nitrogen and oxygen atoms in total. The molecule has 1 aromatic heterocycles. The highest BCUT2D eigenvalue weighted by Crippen LogP contribution is 2.23. The van der Waals surface area contributed by atoms with E-state index >= 15 is 0 Å². The number of fused-ring (bicyclic) bond motifs is 1. The Balaban J connectivity index is 1.87. The highest BCUT2D eigenvalue weighted by Gasteiger charge is 2.14. The lowest BCUT2D eigenvalue weighted by molar-refractivity contribution is 0.298. The molecule has 2 aromatic carbocycles. The third kappa shape index (κ3) is 3.17. The van der Waals surface area contributed by atoms with Gasteiger partial charge >= 0.3 is 0 Å². The minimum atomic E-state index is 0.0340. The molecule has 21 heavy (non-hydrogen) atoms. The van der Waals surface area contributed by atoms with Crippen LogP contribution < -0.4 is 4.90 Å². The van der Waals surface area contributed by atoms with Crippen LogP contribution in [0.25, 0.3) is 11.1 Å². The topological polar surface area (TPSA) is 49.5 Å². The Labute approximate surface area is 127 Å². The summed E-state index contributed by atoms with van der Waals surface area (Å²) >= 11 is 5.90. The first kappa shape index (κ1) is 13.9. The molecule has 0 aliphatic heterocycles. The molecule has 0 atom stereocenters. The quantitative estimate of drug-likeness (QED) is 0.784. The number of hydrogen-bond donors (Lipinski definition) is 1. The Kier molecular flexibility index (Phi) is 4.08. The molecule has 0 bridgehead atoms. The number of oxazole rings is 1. The van der Waals surface area contributed by atoms with Crippen molar-refractivity contribution < 1.29 is 9.52 Å². The molecule has 0 fully saturated rings. The van der Waals surface area contributed by atoms with Crippen molar-refractivity contribution in [3.8, 4) is 0 Å². The van der Waals surface area contributed by atoms with E-state index in [-0.39, 0.29) is 6.61 Å². The Morgan fingerprint density at radius 2 is 1.86 bits per heavy atom. The predicted molar refractivity (Wildman–Crippen MR) is 83.6 cm³/mol. The smallest absolute Gasteiger partial charge is 0.298 e. The molecule has 0 aliphatic rings. The van der Waals surface area contributed by atoms with E-state index in [1.807, 2.05) is 53.4 Å². The first-order valence-electron chi connectivity index (χ1n) is 6.72. The van der Waals surface area contributed by atoms with Crippen molar-refractivity contribution in [2.24, 2.45) is 0 Å². The minimum absolute atomic E-state index is 0.0340. The molecular formula is C16H15ClN2O2. The van der Waals surface area contributed by atoms with Gasteiger partial charge in [-0.2, -0.15) is 4.98 Å². The zero-order chi connectivity index (χ0) is 14.7. The molecule has 0 amide bonds. The second kappa shape index (κ2) is 6.16. The fourth-order valence-corrected chi connectivity index (χ4v) is 2.29. The average molecular weight is 303 g/mol. The lowest BCUT2D eigenvalue weighted by Gasteiger charge is -2.19. The van der Waals surface area contributed by atoms with E-state index < -0.39 is 0 Å². The Bertz CT molecular complexity index is 691. The summed E-state index contributed by atoms with van der Waals surface area (Å²) in [6.07, 6.45) is 0. The van der Waals surface area contributed by atoms with E-state index in [9.17, 15) is 5.11 Å². The lowest BCUT2D eigenvalue weighted by Crippen LogP contribution is -2.26. The zero-order valence-electron chi connectivity index (χ0n) is 11.4. The number of hydrogen-bond acceptors (Lipinski definition) is 4. The summed E-state index contributed by atoms with van der Waals surface area (Å²) in [5.74, 6) is 0. The second-order valence-electron chi connectivity index (χ2n) is 4.74. The maximum Gasteiger partial charge on any atom is 0.298 e. The number of halogens is 1. The molecule has 3 aromatic rings. The summed E-state index contributed by atoms with van der Waals surface area (Å²) in [4.78, 5) is 6.37. The lowest BCUT2D eigenvalue weighted by atomic mass is 10.2. The molecule has 1 N–H and O–H groups in total. The number of aromatic nitrogens is 1. The third-order valence-corrected chi connectivity index (χ3v) is 3.46. The monoisotopic (exact) mass is 302 g/mol. The maximum atomic E-state index is 9.26. The fraction of sp³-hybridized carbons (Fsp3) is 0.188. The van der Waals surface area contributed by atoms with Gasteiger partial charge < -0.3 is 14.4 Å². The van der Waals surface area contributed by atoms with Gasteiger partial charge in [0.05, 0.1) is 6.61 Å². The first-order chi connectivity index (χ1) is 10.3. The van der Waals surface area contributed by atoms with Gasteiger partial charge in [-0.25, -0.2) is 0 Å². The van der Waals surface area contributed by atoms with E-state index in [0.717, 1.165) is 16.7 Å². The fourth-order valence-electron chi connectivity index (χ4n) is 2.17. The van der Waals surface area contributed by atoms with Crippen molar-refractivity contribution >= 4 is 28.7 Å². The van der Waals surface area contributed by atoms with E-state index in [1.54, 1.807) is 0 Å². The van der Waals surface area contributed by atoms with Crippen LogP contribution in [0.5, 0.6) is 0 Å². The number of rotatable bonds is 5. The normalized spacial score (nSPS) is 11.0. The van der Waals surface area contributed by atoms with Crippen LogP contribution in [0, 0.1) is 0 Å². The van der Waals surface area contributed by atoms with Crippen LogP contribution in [0.1, 0.15) is 5.56 Å². The highest BCUT2D eigenvalue weighted by molar-refractivity contribution is 6.30. The van der Waals surface area contributed by atoms with Crippen LogP contribution in [0.2, 0.25) is 5.02 Å². The van der Waals surface area contributed by atoms with E-state index in [1.165, 1.54) is 0 Å². The summed E-state index contributed by atoms with van der Waals surface area (Å²) in [5.41, 5.74) is 2.63. The summed E-state index contributed by atoms with van der Waals surface area (Å²) in [6, 6.07) is 15.7. The summed E-state index contributed by atoms with van der Waals surface area (Å²) < 4.78 is 5.76. The van der Waals surface area contributed by atoms with Crippen molar-refractivity contribution in [3.05, 3.63) is 59.1 Å². The highest BCUT2D eigenvalue weighted by atomic mass is 35.5. The predicted octanol–water partition coefficient (Wildman–Crippen LogP) is 3.48. The van der Waals surface area contributed by atoms with Gasteiger partial charge in [0.25, 0.3) is 6.01 Å². The van der Waals surface area contributed by atoms with Crippen LogP contribution in [0.15, 0.2) is 52.9 Å². The number of aliphatic hydroxyl groups excluding tert-OH is 1. The van der Waals surface area contributed by atoms with Gasteiger partial charge in [-0.3, -0.25) is 0 Å². The van der Waals surface area contributed by atoms with Gasteiger partial charge in [0.15, 0.2) is 5.58 Å². The summed E-state index contributed by atoms with van der Waals surface area (Å²) in [6.45, 7) is 1.09. The molecule has 1 heterocycles. The molecule has 3 rings (SSSR count). The molecular weight excluding hydrogens is 288 g/mol. The Morgan fingerprint density at radius 1 is 1.10 bits per heavy atom. The standard InChI is InChI=1S/C16H15ClN2O2/c17-13-7-5-12(6-8-13)11-19(9-10-20)16-18-14-3-1-2-4-15(14)21-16/h1-8,20H,9-11H2. The molecule has 0 saturated heterocycles. The van der Waals surface area contributed by atoms with Gasteiger partial charge in [0.2, 0.25) is 0 Å². The summed E-state index contributed by atoms with van der Waals surface area (Å²) in [7, 11) is 0. The molecule has 0 spiro atoms. The number of anilines is 1. The van der Waals surface area contributed by atoms with Gasteiger partial charge in [-0.1, -0.05) is 35.9 Å². The maximum absolute atomic E-state index is 9.26. The molecule has 0 aliphatic carbocycles. The third-order valence-electron chi connectivity index (χ3n) is 3.21. The summed E-state index contributed by atoms with van der Waals surface area (Å²) in [5, 5.41) is 9.97. The largest absolute Gasteiger partial charge is 0.423 e. The van der Waals surface area contributed by atoms with E-state index in [2.05, 4.69) is 4.98 Å². The van der Waals surface area contributed by atoms with Gasteiger partial charge in [0, 0.05) is 18.1 Å². The molecule has 5 heteroatoms. The van der Waals surface area contributed by atoms with Crippen molar-refractivity contribution in [2.45, 2.75) is 6.54 Å². The van der Waals surface area contributed by atoms with Crippen molar-refractivity contribution in [2.75, 3.05) is 18.1 Å². The van der Waals surface area contributed by atoms with Crippen LogP contribution in [0.4, 0.5) is 6.01 Å². The van der Waals surface area contributed by atoms with Crippen LogP contribution in [-0.2, 0) is 6.54 Å². The van der Waals surface area contributed by atoms with Crippen molar-refractivity contribution in [1.82, 2.24) is 4.98 Å². The molecule has 0 radical (unpaired) electrons. The van der Waals surface area contributed by atoms with Gasteiger partial charge in [-0.15, -0.1) is 0 Å².